The highest BCUT2D eigenvalue weighted by molar-refractivity contribution is 5.94. The van der Waals surface area contributed by atoms with E-state index >= 15 is 0 Å². The Bertz CT molecular complexity index is 391. The van der Waals surface area contributed by atoms with Gasteiger partial charge in [0.25, 0.3) is 0 Å². The minimum absolute atomic E-state index is 0.0104. The quantitative estimate of drug-likeness (QED) is 0.751. The summed E-state index contributed by atoms with van der Waals surface area (Å²) >= 11 is 0. The molecule has 4 atom stereocenters. The third kappa shape index (κ3) is 2.14. The molecule has 3 nitrogen and oxygen atoms in total. The summed E-state index contributed by atoms with van der Waals surface area (Å²) in [5, 5.41) is 20.0. The van der Waals surface area contributed by atoms with E-state index in [0.29, 0.717) is 18.8 Å². The fourth-order valence-corrected chi connectivity index (χ4v) is 3.51. The number of rotatable bonds is 1. The van der Waals surface area contributed by atoms with Crippen molar-refractivity contribution in [2.45, 2.75) is 58.7 Å². The lowest BCUT2D eigenvalue weighted by molar-refractivity contribution is -0.130. The van der Waals surface area contributed by atoms with Gasteiger partial charge in [0, 0.05) is 0 Å². The number of aliphatic hydroxyl groups is 2. The highest BCUT2D eigenvalue weighted by atomic mass is 16.3. The van der Waals surface area contributed by atoms with Crippen LogP contribution in [0.2, 0.25) is 0 Å². The third-order valence-electron chi connectivity index (χ3n) is 5.04. The Labute approximate surface area is 109 Å². The van der Waals surface area contributed by atoms with E-state index in [-0.39, 0.29) is 23.2 Å². The largest absolute Gasteiger partial charge is 0.393 e. The van der Waals surface area contributed by atoms with Crippen LogP contribution >= 0.6 is 0 Å². The van der Waals surface area contributed by atoms with Crippen molar-refractivity contribution in [3.63, 3.8) is 0 Å². The van der Waals surface area contributed by atoms with Crippen molar-refractivity contribution in [3.05, 3.63) is 11.6 Å². The molecule has 1 fully saturated rings. The number of allylic oxidation sites excluding steroid dienone is 1. The van der Waals surface area contributed by atoms with Crippen molar-refractivity contribution >= 4 is 5.78 Å². The van der Waals surface area contributed by atoms with E-state index in [9.17, 15) is 15.0 Å². The summed E-state index contributed by atoms with van der Waals surface area (Å²) in [6.45, 7) is 7.72. The van der Waals surface area contributed by atoms with Crippen molar-refractivity contribution in [2.24, 2.45) is 17.3 Å². The fourth-order valence-electron chi connectivity index (χ4n) is 3.51. The Kier molecular flexibility index (Phi) is 3.19. The number of carbonyl (C=O) groups excluding carboxylic acids is 1. The molecule has 0 aromatic rings. The highest BCUT2D eigenvalue weighted by Crippen LogP contribution is 2.52. The van der Waals surface area contributed by atoms with Gasteiger partial charge in [0.2, 0.25) is 0 Å². The Morgan fingerprint density at radius 3 is 2.61 bits per heavy atom. The number of hydrogen-bond donors (Lipinski definition) is 2. The minimum Gasteiger partial charge on any atom is -0.393 e. The average molecular weight is 252 g/mol. The Morgan fingerprint density at radius 2 is 2.06 bits per heavy atom. The lowest BCUT2D eigenvalue weighted by Crippen LogP contribution is -2.48. The van der Waals surface area contributed by atoms with Gasteiger partial charge in [-0.25, -0.2) is 0 Å². The summed E-state index contributed by atoms with van der Waals surface area (Å²) in [6.07, 6.45) is 3.43. The lowest BCUT2D eigenvalue weighted by Gasteiger charge is -2.49. The fraction of sp³-hybridized carbons (Fsp3) is 0.800. The molecule has 0 aromatic heterocycles. The molecule has 0 saturated heterocycles. The number of carbonyl (C=O) groups is 1. The third-order valence-corrected chi connectivity index (χ3v) is 5.04. The second kappa shape index (κ2) is 4.17. The van der Waals surface area contributed by atoms with E-state index < -0.39 is 5.60 Å². The SMILES string of the molecule is C[C@H]1C[C@H](O)CC2=CC(=O)[C@H](C(C)(C)O)C[C@]21C. The molecule has 0 unspecified atom stereocenters. The Hall–Kier alpha value is -0.670. The molecular formula is C15H24O3. The minimum atomic E-state index is -0.974. The molecule has 2 rings (SSSR count). The predicted octanol–water partition coefficient (Wildman–Crippen LogP) is 2.07. The molecule has 0 bridgehead atoms. The van der Waals surface area contributed by atoms with E-state index in [4.69, 9.17) is 0 Å². The molecule has 1 saturated carbocycles. The van der Waals surface area contributed by atoms with Gasteiger partial charge in [0.1, 0.15) is 0 Å². The van der Waals surface area contributed by atoms with Crippen molar-refractivity contribution in [2.75, 3.05) is 0 Å². The molecular weight excluding hydrogens is 228 g/mol. The maximum atomic E-state index is 12.1. The first-order valence-corrected chi connectivity index (χ1v) is 6.80. The standard InChI is InChI=1S/C15H24O3/c1-9-5-11(16)6-10-7-13(17)12(14(2,3)18)8-15(9,10)4/h7,9,11-12,16,18H,5-6,8H2,1-4H3/t9-,11-,12+,15-/m0/s1. The topological polar surface area (TPSA) is 57.5 Å². The zero-order chi connectivity index (χ0) is 13.7. The number of aliphatic hydroxyl groups excluding tert-OH is 1. The Balaban J connectivity index is 2.38. The van der Waals surface area contributed by atoms with E-state index in [0.717, 1.165) is 12.0 Å². The van der Waals surface area contributed by atoms with Crippen LogP contribution < -0.4 is 0 Å². The maximum Gasteiger partial charge on any atom is 0.161 e. The van der Waals surface area contributed by atoms with Gasteiger partial charge in [-0.3, -0.25) is 4.79 Å². The van der Waals surface area contributed by atoms with Gasteiger partial charge in [-0.05, 0) is 50.5 Å². The van der Waals surface area contributed by atoms with Crippen molar-refractivity contribution in [1.29, 1.82) is 0 Å². The van der Waals surface area contributed by atoms with Crippen LogP contribution in [-0.2, 0) is 4.79 Å². The van der Waals surface area contributed by atoms with Gasteiger partial charge in [0.15, 0.2) is 5.78 Å². The number of fused-ring (bicyclic) bond motifs is 1. The molecule has 0 heterocycles. The first kappa shape index (κ1) is 13.8. The highest BCUT2D eigenvalue weighted by Gasteiger charge is 2.49. The normalized spacial score (nSPS) is 41.3. The van der Waals surface area contributed by atoms with Crippen molar-refractivity contribution in [1.82, 2.24) is 0 Å². The van der Waals surface area contributed by atoms with Crippen LogP contribution in [0.25, 0.3) is 0 Å². The summed E-state index contributed by atoms with van der Waals surface area (Å²) in [5.74, 6) is 0.0191. The van der Waals surface area contributed by atoms with Crippen LogP contribution in [0.3, 0.4) is 0 Å². The molecule has 2 N–H and O–H groups in total. The second-order valence-corrected chi connectivity index (χ2v) is 6.89. The van der Waals surface area contributed by atoms with Crippen LogP contribution in [-0.4, -0.2) is 27.7 Å². The van der Waals surface area contributed by atoms with Gasteiger partial charge < -0.3 is 10.2 Å². The van der Waals surface area contributed by atoms with Crippen LogP contribution in [0.4, 0.5) is 0 Å². The molecule has 2 aliphatic carbocycles. The van der Waals surface area contributed by atoms with Crippen LogP contribution in [0.15, 0.2) is 11.6 Å². The van der Waals surface area contributed by atoms with E-state index in [1.807, 2.05) is 0 Å². The molecule has 102 valence electrons. The molecule has 0 aliphatic heterocycles. The second-order valence-electron chi connectivity index (χ2n) is 6.89. The van der Waals surface area contributed by atoms with Crippen molar-refractivity contribution in [3.8, 4) is 0 Å². The monoisotopic (exact) mass is 252 g/mol. The zero-order valence-electron chi connectivity index (χ0n) is 11.7. The maximum absolute atomic E-state index is 12.1. The average Bonchev–Trinajstić information content (AvgIpc) is 2.19. The van der Waals surface area contributed by atoms with Gasteiger partial charge in [0.05, 0.1) is 17.6 Å². The van der Waals surface area contributed by atoms with Gasteiger partial charge in [-0.15, -0.1) is 0 Å². The summed E-state index contributed by atoms with van der Waals surface area (Å²) < 4.78 is 0. The molecule has 0 aromatic carbocycles. The number of hydrogen-bond acceptors (Lipinski definition) is 3. The summed E-state index contributed by atoms with van der Waals surface area (Å²) in [7, 11) is 0. The van der Waals surface area contributed by atoms with E-state index in [1.54, 1.807) is 19.9 Å². The Morgan fingerprint density at radius 1 is 1.44 bits per heavy atom. The molecule has 18 heavy (non-hydrogen) atoms. The van der Waals surface area contributed by atoms with Crippen molar-refractivity contribution < 1.29 is 15.0 Å². The van der Waals surface area contributed by atoms with Gasteiger partial charge in [-0.2, -0.15) is 0 Å². The van der Waals surface area contributed by atoms with Crippen LogP contribution in [0.5, 0.6) is 0 Å². The molecule has 3 heteroatoms. The van der Waals surface area contributed by atoms with E-state index in [1.165, 1.54) is 0 Å². The first-order chi connectivity index (χ1) is 8.14. The van der Waals surface area contributed by atoms with Gasteiger partial charge >= 0.3 is 0 Å². The summed E-state index contributed by atoms with van der Waals surface area (Å²) in [5.41, 5.74) is 0.0367. The molecule has 2 aliphatic rings. The zero-order valence-corrected chi connectivity index (χ0v) is 11.7. The summed E-state index contributed by atoms with van der Waals surface area (Å²) in [4.78, 5) is 12.1. The van der Waals surface area contributed by atoms with Crippen LogP contribution in [0, 0.1) is 17.3 Å². The van der Waals surface area contributed by atoms with Crippen LogP contribution in [0.1, 0.15) is 47.0 Å². The molecule has 0 radical (unpaired) electrons. The number of ketones is 1. The molecule has 0 spiro atoms. The van der Waals surface area contributed by atoms with E-state index in [2.05, 4.69) is 13.8 Å². The predicted molar refractivity (Wildman–Crippen MR) is 70.0 cm³/mol. The molecule has 0 amide bonds. The smallest absolute Gasteiger partial charge is 0.161 e. The first-order valence-electron chi connectivity index (χ1n) is 6.80. The summed E-state index contributed by atoms with van der Waals surface area (Å²) in [6, 6.07) is 0. The lowest BCUT2D eigenvalue weighted by atomic mass is 9.56. The van der Waals surface area contributed by atoms with Gasteiger partial charge in [-0.1, -0.05) is 19.4 Å².